The standard InChI is InChI=1S/C11H13NO3/c12-11(14)9-5-8(13)3-4-10(9)15-6-7-1-2-7/h3-5,7,13H,1-2,6H2,(H2,12,14). The number of ether oxygens (including phenoxy) is 1. The van der Waals surface area contributed by atoms with Gasteiger partial charge < -0.3 is 15.6 Å². The van der Waals surface area contributed by atoms with Gasteiger partial charge >= 0.3 is 0 Å². The Labute approximate surface area is 87.7 Å². The zero-order chi connectivity index (χ0) is 10.8. The van der Waals surface area contributed by atoms with Crippen LogP contribution < -0.4 is 10.5 Å². The molecule has 0 aromatic heterocycles. The van der Waals surface area contributed by atoms with Crippen molar-refractivity contribution in [2.24, 2.45) is 11.7 Å². The molecule has 0 aliphatic heterocycles. The summed E-state index contributed by atoms with van der Waals surface area (Å²) < 4.78 is 5.47. The van der Waals surface area contributed by atoms with Crippen molar-refractivity contribution in [3.05, 3.63) is 23.8 Å². The zero-order valence-electron chi connectivity index (χ0n) is 8.27. The van der Waals surface area contributed by atoms with Crippen LogP contribution in [0.5, 0.6) is 11.5 Å². The molecule has 1 aromatic rings. The van der Waals surface area contributed by atoms with Gasteiger partial charge in [0, 0.05) is 0 Å². The number of rotatable bonds is 4. The molecule has 1 aliphatic carbocycles. The Morgan fingerprint density at radius 1 is 1.53 bits per heavy atom. The first-order valence-corrected chi connectivity index (χ1v) is 4.92. The molecule has 4 nitrogen and oxygen atoms in total. The third-order valence-corrected chi connectivity index (χ3v) is 2.40. The number of nitrogens with two attached hydrogens (primary N) is 1. The second-order valence-corrected chi connectivity index (χ2v) is 3.80. The van der Waals surface area contributed by atoms with E-state index >= 15 is 0 Å². The monoisotopic (exact) mass is 207 g/mol. The molecule has 1 aliphatic rings. The van der Waals surface area contributed by atoms with Gasteiger partial charge in [-0.3, -0.25) is 4.79 Å². The lowest BCUT2D eigenvalue weighted by Crippen LogP contribution is -2.13. The number of carbonyl (C=O) groups excluding carboxylic acids is 1. The van der Waals surface area contributed by atoms with Gasteiger partial charge in [0.15, 0.2) is 0 Å². The summed E-state index contributed by atoms with van der Waals surface area (Å²) in [6.07, 6.45) is 2.37. The summed E-state index contributed by atoms with van der Waals surface area (Å²) >= 11 is 0. The van der Waals surface area contributed by atoms with Gasteiger partial charge in [-0.2, -0.15) is 0 Å². The number of phenolic OH excluding ortho intramolecular Hbond substituents is 1. The van der Waals surface area contributed by atoms with E-state index in [1.807, 2.05) is 0 Å². The third-order valence-electron chi connectivity index (χ3n) is 2.40. The van der Waals surface area contributed by atoms with Crippen molar-refractivity contribution in [2.75, 3.05) is 6.61 Å². The predicted molar refractivity (Wildman–Crippen MR) is 54.8 cm³/mol. The molecule has 1 amide bonds. The van der Waals surface area contributed by atoms with E-state index in [2.05, 4.69) is 0 Å². The van der Waals surface area contributed by atoms with E-state index in [1.54, 1.807) is 6.07 Å². The minimum atomic E-state index is -0.586. The van der Waals surface area contributed by atoms with Crippen LogP contribution in [0.4, 0.5) is 0 Å². The summed E-state index contributed by atoms with van der Waals surface area (Å²) in [7, 11) is 0. The van der Waals surface area contributed by atoms with Crippen LogP contribution in [0.3, 0.4) is 0 Å². The summed E-state index contributed by atoms with van der Waals surface area (Å²) in [5, 5.41) is 9.21. The van der Waals surface area contributed by atoms with E-state index in [-0.39, 0.29) is 11.3 Å². The van der Waals surface area contributed by atoms with E-state index in [4.69, 9.17) is 10.5 Å². The lowest BCUT2D eigenvalue weighted by molar-refractivity contribution is 0.0995. The number of benzene rings is 1. The van der Waals surface area contributed by atoms with Crippen LogP contribution in [0.1, 0.15) is 23.2 Å². The summed E-state index contributed by atoms with van der Waals surface area (Å²) in [5.41, 5.74) is 5.41. The van der Waals surface area contributed by atoms with E-state index < -0.39 is 5.91 Å². The third kappa shape index (κ3) is 2.40. The molecule has 0 unspecified atom stereocenters. The SMILES string of the molecule is NC(=O)c1cc(O)ccc1OCC1CC1. The molecule has 3 N–H and O–H groups in total. The van der Waals surface area contributed by atoms with Crippen molar-refractivity contribution in [3.8, 4) is 11.5 Å². The molecule has 0 atom stereocenters. The number of carbonyl (C=O) groups is 1. The van der Waals surface area contributed by atoms with Crippen LogP contribution in [0.25, 0.3) is 0 Å². The minimum Gasteiger partial charge on any atom is -0.508 e. The predicted octanol–water partition coefficient (Wildman–Crippen LogP) is 1.28. The van der Waals surface area contributed by atoms with E-state index in [1.165, 1.54) is 25.0 Å². The quantitative estimate of drug-likeness (QED) is 0.781. The topological polar surface area (TPSA) is 72.6 Å². The van der Waals surface area contributed by atoms with Crippen LogP contribution in [0, 0.1) is 5.92 Å². The Balaban J connectivity index is 2.15. The van der Waals surface area contributed by atoms with Crippen molar-refractivity contribution in [1.29, 1.82) is 0 Å². The summed E-state index contributed by atoms with van der Waals surface area (Å²) in [6, 6.07) is 4.37. The van der Waals surface area contributed by atoms with Crippen LogP contribution >= 0.6 is 0 Å². The van der Waals surface area contributed by atoms with Gasteiger partial charge in [0.2, 0.25) is 0 Å². The van der Waals surface area contributed by atoms with Crippen LogP contribution in [0.15, 0.2) is 18.2 Å². The van der Waals surface area contributed by atoms with Gasteiger partial charge in [-0.25, -0.2) is 0 Å². The average molecular weight is 207 g/mol. The zero-order valence-corrected chi connectivity index (χ0v) is 8.27. The van der Waals surface area contributed by atoms with E-state index in [9.17, 15) is 9.90 Å². The number of hydrogen-bond acceptors (Lipinski definition) is 3. The molecule has 0 heterocycles. The van der Waals surface area contributed by atoms with Crippen molar-refractivity contribution in [1.82, 2.24) is 0 Å². The highest BCUT2D eigenvalue weighted by Gasteiger charge is 2.22. The second-order valence-electron chi connectivity index (χ2n) is 3.80. The van der Waals surface area contributed by atoms with Crippen LogP contribution in [-0.4, -0.2) is 17.6 Å². The molecule has 0 radical (unpaired) electrons. The number of aromatic hydroxyl groups is 1. The fraction of sp³-hybridized carbons (Fsp3) is 0.364. The lowest BCUT2D eigenvalue weighted by Gasteiger charge is -2.09. The number of primary amides is 1. The molecular weight excluding hydrogens is 194 g/mol. The molecule has 1 aromatic carbocycles. The lowest BCUT2D eigenvalue weighted by atomic mass is 10.2. The molecule has 80 valence electrons. The number of amides is 1. The fourth-order valence-electron chi connectivity index (χ4n) is 1.33. The van der Waals surface area contributed by atoms with Gasteiger partial charge in [-0.1, -0.05) is 0 Å². The maximum absolute atomic E-state index is 11.1. The Morgan fingerprint density at radius 2 is 2.27 bits per heavy atom. The minimum absolute atomic E-state index is 0.0163. The highest BCUT2D eigenvalue weighted by Crippen LogP contribution is 2.31. The molecule has 2 rings (SSSR count). The van der Waals surface area contributed by atoms with Gasteiger partial charge in [-0.05, 0) is 37.0 Å². The summed E-state index contributed by atoms with van der Waals surface area (Å²) in [5.74, 6) is 0.492. The smallest absolute Gasteiger partial charge is 0.252 e. The van der Waals surface area contributed by atoms with Gasteiger partial charge in [0.1, 0.15) is 11.5 Å². The van der Waals surface area contributed by atoms with Gasteiger partial charge in [-0.15, -0.1) is 0 Å². The molecular formula is C11H13NO3. The summed E-state index contributed by atoms with van der Waals surface area (Å²) in [6.45, 7) is 0.616. The van der Waals surface area contributed by atoms with Gasteiger partial charge in [0.05, 0.1) is 12.2 Å². The molecule has 4 heteroatoms. The molecule has 1 fully saturated rings. The molecule has 0 bridgehead atoms. The number of hydrogen-bond donors (Lipinski definition) is 2. The van der Waals surface area contributed by atoms with Crippen LogP contribution in [-0.2, 0) is 0 Å². The Hall–Kier alpha value is -1.71. The molecule has 0 saturated heterocycles. The van der Waals surface area contributed by atoms with Crippen molar-refractivity contribution in [3.63, 3.8) is 0 Å². The first-order valence-electron chi connectivity index (χ1n) is 4.92. The molecule has 15 heavy (non-hydrogen) atoms. The largest absolute Gasteiger partial charge is 0.508 e. The van der Waals surface area contributed by atoms with Gasteiger partial charge in [0.25, 0.3) is 5.91 Å². The average Bonchev–Trinajstić information content (AvgIpc) is 2.99. The Morgan fingerprint density at radius 3 is 2.87 bits per heavy atom. The maximum Gasteiger partial charge on any atom is 0.252 e. The Bertz CT molecular complexity index is 385. The van der Waals surface area contributed by atoms with Crippen molar-refractivity contribution in [2.45, 2.75) is 12.8 Å². The van der Waals surface area contributed by atoms with Crippen molar-refractivity contribution >= 4 is 5.91 Å². The highest BCUT2D eigenvalue weighted by molar-refractivity contribution is 5.96. The Kier molecular flexibility index (Phi) is 2.49. The van der Waals surface area contributed by atoms with Crippen LogP contribution in [0.2, 0.25) is 0 Å². The van der Waals surface area contributed by atoms with E-state index in [0.29, 0.717) is 18.3 Å². The molecule has 1 saturated carbocycles. The fourth-order valence-corrected chi connectivity index (χ4v) is 1.33. The number of phenols is 1. The van der Waals surface area contributed by atoms with E-state index in [0.717, 1.165) is 0 Å². The van der Waals surface area contributed by atoms with Crippen molar-refractivity contribution < 1.29 is 14.6 Å². The first kappa shape index (κ1) is 9.83. The summed E-state index contributed by atoms with van der Waals surface area (Å²) in [4.78, 5) is 11.1. The molecule has 0 spiro atoms. The highest BCUT2D eigenvalue weighted by atomic mass is 16.5. The maximum atomic E-state index is 11.1. The first-order chi connectivity index (χ1) is 7.16. The second kappa shape index (κ2) is 3.81. The normalized spacial score (nSPS) is 14.9.